The van der Waals surface area contributed by atoms with Crippen molar-refractivity contribution in [1.82, 2.24) is 4.67 Å². The molecular formula is C20H16NO3P. The molecule has 0 bridgehead atoms. The highest BCUT2D eigenvalue weighted by Crippen LogP contribution is 2.50. The molecular weight excluding hydrogens is 333 g/mol. The van der Waals surface area contributed by atoms with Gasteiger partial charge >= 0.3 is 0 Å². The van der Waals surface area contributed by atoms with E-state index in [4.69, 9.17) is 0 Å². The molecule has 1 heterocycles. The van der Waals surface area contributed by atoms with Crippen LogP contribution in [0, 0.1) is 0 Å². The summed E-state index contributed by atoms with van der Waals surface area (Å²) >= 11 is 0. The van der Waals surface area contributed by atoms with E-state index < -0.39 is 5.54 Å². The predicted octanol–water partition coefficient (Wildman–Crippen LogP) is 3.64. The first-order valence-corrected chi connectivity index (χ1v) is 8.34. The molecule has 25 heavy (non-hydrogen) atoms. The highest BCUT2D eigenvalue weighted by Gasteiger charge is 2.50. The summed E-state index contributed by atoms with van der Waals surface area (Å²) in [5, 5.41) is 19.4. The zero-order chi connectivity index (χ0) is 17.6. The first kappa shape index (κ1) is 15.7. The molecule has 0 aliphatic carbocycles. The van der Waals surface area contributed by atoms with E-state index in [0.29, 0.717) is 5.56 Å². The SMILES string of the molecule is O=C1c2ccccc2C(c2ccc(O)cc2)(c2ccc(O)cc2)N1P. The van der Waals surface area contributed by atoms with Crippen LogP contribution in [0.15, 0.2) is 72.8 Å². The van der Waals surface area contributed by atoms with Crippen molar-refractivity contribution in [1.29, 1.82) is 0 Å². The molecule has 1 atom stereocenters. The molecule has 1 aliphatic heterocycles. The second-order valence-electron chi connectivity index (χ2n) is 6.02. The summed E-state index contributed by atoms with van der Waals surface area (Å²) in [6, 6.07) is 21.2. The quantitative estimate of drug-likeness (QED) is 0.695. The summed E-state index contributed by atoms with van der Waals surface area (Å²) in [5.41, 5.74) is 2.36. The molecule has 0 aromatic heterocycles. The van der Waals surface area contributed by atoms with Crippen molar-refractivity contribution < 1.29 is 15.0 Å². The Balaban J connectivity index is 2.08. The number of amides is 1. The number of aromatic hydroxyl groups is 2. The zero-order valence-electron chi connectivity index (χ0n) is 13.3. The Morgan fingerprint density at radius 1 is 0.760 bits per heavy atom. The number of nitrogens with zero attached hydrogens (tertiary/aromatic N) is 1. The van der Waals surface area contributed by atoms with Gasteiger partial charge in [0.2, 0.25) is 0 Å². The molecule has 1 amide bonds. The summed E-state index contributed by atoms with van der Waals surface area (Å²) in [6.45, 7) is 0. The minimum atomic E-state index is -0.847. The van der Waals surface area contributed by atoms with Gasteiger partial charge < -0.3 is 14.9 Å². The lowest BCUT2D eigenvalue weighted by atomic mass is 9.78. The van der Waals surface area contributed by atoms with Gasteiger partial charge in [0.15, 0.2) is 0 Å². The number of benzene rings is 3. The molecule has 0 saturated carbocycles. The lowest BCUT2D eigenvalue weighted by Gasteiger charge is -2.38. The van der Waals surface area contributed by atoms with Gasteiger partial charge in [-0.15, -0.1) is 0 Å². The van der Waals surface area contributed by atoms with Crippen molar-refractivity contribution in [2.75, 3.05) is 0 Å². The van der Waals surface area contributed by atoms with Crippen molar-refractivity contribution >= 4 is 15.3 Å². The molecule has 0 fully saturated rings. The van der Waals surface area contributed by atoms with E-state index in [0.717, 1.165) is 16.7 Å². The third kappa shape index (κ3) is 2.15. The average Bonchev–Trinajstić information content (AvgIpc) is 2.86. The molecule has 0 spiro atoms. The number of phenolic OH excluding ortho intramolecular Hbond substituents is 2. The fraction of sp³-hybridized carbons (Fsp3) is 0.0500. The number of hydrogen-bond donors (Lipinski definition) is 2. The van der Waals surface area contributed by atoms with Crippen molar-refractivity contribution in [2.24, 2.45) is 0 Å². The van der Waals surface area contributed by atoms with Gasteiger partial charge in [-0.1, -0.05) is 42.5 Å². The Kier molecular flexibility index (Phi) is 3.52. The predicted molar refractivity (Wildman–Crippen MR) is 98.4 cm³/mol. The van der Waals surface area contributed by atoms with E-state index in [9.17, 15) is 15.0 Å². The summed E-state index contributed by atoms with van der Waals surface area (Å²) in [7, 11) is 2.53. The number of carbonyl (C=O) groups excluding carboxylic acids is 1. The van der Waals surface area contributed by atoms with Crippen molar-refractivity contribution in [3.05, 3.63) is 95.1 Å². The minimum absolute atomic E-state index is 0.0956. The maximum absolute atomic E-state index is 12.9. The largest absolute Gasteiger partial charge is 0.508 e. The average molecular weight is 349 g/mol. The van der Waals surface area contributed by atoms with Crippen molar-refractivity contribution in [3.63, 3.8) is 0 Å². The van der Waals surface area contributed by atoms with Gasteiger partial charge in [0.05, 0.1) is 0 Å². The van der Waals surface area contributed by atoms with Crippen LogP contribution >= 0.6 is 9.39 Å². The second-order valence-corrected chi connectivity index (χ2v) is 6.54. The van der Waals surface area contributed by atoms with Gasteiger partial charge in [0, 0.05) is 5.56 Å². The third-order valence-corrected chi connectivity index (χ3v) is 5.32. The van der Waals surface area contributed by atoms with Gasteiger partial charge in [-0.05, 0) is 56.4 Å². The molecule has 1 unspecified atom stereocenters. The molecule has 3 aromatic rings. The van der Waals surface area contributed by atoms with Crippen LogP contribution in [0.4, 0.5) is 0 Å². The monoisotopic (exact) mass is 349 g/mol. The fourth-order valence-electron chi connectivity index (χ4n) is 3.56. The number of fused-ring (bicyclic) bond motifs is 1. The Morgan fingerprint density at radius 3 is 1.76 bits per heavy atom. The maximum atomic E-state index is 12.9. The van der Waals surface area contributed by atoms with E-state index in [1.807, 2.05) is 48.5 Å². The van der Waals surface area contributed by atoms with Crippen LogP contribution in [0.2, 0.25) is 0 Å². The summed E-state index contributed by atoms with van der Waals surface area (Å²) in [4.78, 5) is 12.9. The van der Waals surface area contributed by atoms with Crippen LogP contribution < -0.4 is 0 Å². The Morgan fingerprint density at radius 2 is 1.24 bits per heavy atom. The number of hydrogen-bond acceptors (Lipinski definition) is 3. The molecule has 2 N–H and O–H groups in total. The fourth-order valence-corrected chi connectivity index (χ4v) is 4.13. The molecule has 4 rings (SSSR count). The standard InChI is InChI=1S/C20H16NO3P/c22-15-9-5-13(6-10-15)20(14-7-11-16(23)12-8-14)18-4-2-1-3-17(18)19(24)21(20)25/h1-12,22-23H,25H2. The van der Waals surface area contributed by atoms with Crippen LogP contribution in [-0.4, -0.2) is 20.8 Å². The topological polar surface area (TPSA) is 60.8 Å². The highest BCUT2D eigenvalue weighted by molar-refractivity contribution is 7.15. The van der Waals surface area contributed by atoms with Gasteiger partial charge in [-0.2, -0.15) is 0 Å². The van der Waals surface area contributed by atoms with Gasteiger partial charge in [0.1, 0.15) is 17.0 Å². The first-order valence-electron chi connectivity index (χ1n) is 7.83. The van der Waals surface area contributed by atoms with Gasteiger partial charge in [-0.3, -0.25) is 4.79 Å². The molecule has 0 saturated heterocycles. The number of carbonyl (C=O) groups is 1. The lowest BCUT2D eigenvalue weighted by molar-refractivity contribution is 0.0843. The molecule has 5 heteroatoms. The molecule has 1 aliphatic rings. The summed E-state index contributed by atoms with van der Waals surface area (Å²) in [5.74, 6) is 0.233. The molecule has 4 nitrogen and oxygen atoms in total. The van der Waals surface area contributed by atoms with Crippen molar-refractivity contribution in [3.8, 4) is 11.5 Å². The Labute approximate surface area is 147 Å². The van der Waals surface area contributed by atoms with E-state index in [-0.39, 0.29) is 17.4 Å². The Hall–Kier alpha value is -2.84. The van der Waals surface area contributed by atoms with Crippen LogP contribution in [0.3, 0.4) is 0 Å². The third-order valence-electron chi connectivity index (χ3n) is 4.70. The van der Waals surface area contributed by atoms with E-state index in [1.165, 1.54) is 0 Å². The number of phenols is 2. The second kappa shape index (κ2) is 5.61. The maximum Gasteiger partial charge on any atom is 0.258 e. The smallest absolute Gasteiger partial charge is 0.258 e. The van der Waals surface area contributed by atoms with Gasteiger partial charge in [-0.25, -0.2) is 0 Å². The Bertz CT molecular complexity index is 906. The molecule has 3 aromatic carbocycles. The first-order chi connectivity index (χ1) is 12.0. The van der Waals surface area contributed by atoms with Crippen LogP contribution in [0.1, 0.15) is 27.0 Å². The normalized spacial score (nSPS) is 15.2. The summed E-state index contributed by atoms with van der Waals surface area (Å²) < 4.78 is 1.64. The lowest BCUT2D eigenvalue weighted by Crippen LogP contribution is -2.39. The zero-order valence-corrected chi connectivity index (χ0v) is 14.4. The van der Waals surface area contributed by atoms with E-state index in [2.05, 4.69) is 9.39 Å². The molecule has 124 valence electrons. The summed E-state index contributed by atoms with van der Waals surface area (Å²) in [6.07, 6.45) is 0. The van der Waals surface area contributed by atoms with Crippen LogP contribution in [-0.2, 0) is 5.54 Å². The van der Waals surface area contributed by atoms with Gasteiger partial charge in [0.25, 0.3) is 5.91 Å². The highest BCUT2D eigenvalue weighted by atomic mass is 31.0. The van der Waals surface area contributed by atoms with E-state index in [1.54, 1.807) is 28.9 Å². The van der Waals surface area contributed by atoms with Crippen LogP contribution in [0.5, 0.6) is 11.5 Å². The van der Waals surface area contributed by atoms with Crippen LogP contribution in [0.25, 0.3) is 0 Å². The van der Waals surface area contributed by atoms with E-state index >= 15 is 0 Å². The number of rotatable bonds is 2. The molecule has 0 radical (unpaired) electrons. The van der Waals surface area contributed by atoms with Crippen molar-refractivity contribution in [2.45, 2.75) is 5.54 Å². The minimum Gasteiger partial charge on any atom is -0.508 e.